The van der Waals surface area contributed by atoms with E-state index in [1.165, 1.54) is 9.80 Å². The number of likely N-dealkylation sites (tertiary alicyclic amines) is 1. The molecule has 0 radical (unpaired) electrons. The van der Waals surface area contributed by atoms with Gasteiger partial charge in [0.2, 0.25) is 5.91 Å². The lowest BCUT2D eigenvalue weighted by Gasteiger charge is -2.41. The van der Waals surface area contributed by atoms with Crippen molar-refractivity contribution >= 4 is 41.1 Å². The molecule has 1 saturated heterocycles. The van der Waals surface area contributed by atoms with E-state index in [9.17, 15) is 24.3 Å². The highest BCUT2D eigenvalue weighted by Gasteiger charge is 2.42. The van der Waals surface area contributed by atoms with E-state index in [1.807, 2.05) is 13.8 Å². The van der Waals surface area contributed by atoms with Gasteiger partial charge in [0.25, 0.3) is 11.8 Å². The third kappa shape index (κ3) is 5.69. The summed E-state index contributed by atoms with van der Waals surface area (Å²) in [6.07, 6.45) is 0.653. The molecular weight excluding hydrogens is 488 g/mol. The van der Waals surface area contributed by atoms with Crippen LogP contribution in [0, 0.1) is 0 Å². The molecule has 1 fully saturated rings. The molecule has 0 saturated carbocycles. The summed E-state index contributed by atoms with van der Waals surface area (Å²) in [4.78, 5) is 54.8. The fourth-order valence-electron chi connectivity index (χ4n) is 4.72. The lowest BCUT2D eigenvalue weighted by molar-refractivity contribution is -0.132. The maximum Gasteiger partial charge on any atom is 0.407 e. The SMILES string of the molecule is CCC(=O)NCCN1C(=O)C(C)(C)Oc2cc(Cl)c(C(=O)N(C(C)C)[C@@H]3CCCN(C(=O)O)C3)cc21. The number of hydrogen-bond donors (Lipinski definition) is 2. The van der Waals surface area contributed by atoms with Crippen molar-refractivity contribution in [3.8, 4) is 5.75 Å². The average molecular weight is 523 g/mol. The summed E-state index contributed by atoms with van der Waals surface area (Å²) in [5, 5.41) is 12.4. The van der Waals surface area contributed by atoms with Gasteiger partial charge in [-0.05, 0) is 46.6 Å². The van der Waals surface area contributed by atoms with Crippen LogP contribution < -0.4 is 15.0 Å². The van der Waals surface area contributed by atoms with Crippen LogP contribution in [0.2, 0.25) is 5.02 Å². The predicted octanol–water partition coefficient (Wildman–Crippen LogP) is 3.36. The normalized spacial score (nSPS) is 19.0. The summed E-state index contributed by atoms with van der Waals surface area (Å²) in [5.41, 5.74) is -0.546. The number of anilines is 1. The van der Waals surface area contributed by atoms with Gasteiger partial charge in [0.15, 0.2) is 5.60 Å². The highest BCUT2D eigenvalue weighted by Crippen LogP contribution is 2.41. The summed E-state index contributed by atoms with van der Waals surface area (Å²) in [6.45, 7) is 9.90. The lowest BCUT2D eigenvalue weighted by Crippen LogP contribution is -2.54. The molecule has 2 aliphatic heterocycles. The van der Waals surface area contributed by atoms with Crippen LogP contribution in [-0.2, 0) is 9.59 Å². The quantitative estimate of drug-likeness (QED) is 0.566. The summed E-state index contributed by atoms with van der Waals surface area (Å²) >= 11 is 6.57. The Hall–Kier alpha value is -3.01. The Labute approximate surface area is 216 Å². The minimum atomic E-state index is -1.15. The number of carbonyl (C=O) groups is 4. The van der Waals surface area contributed by atoms with Crippen LogP contribution in [0.4, 0.5) is 10.5 Å². The zero-order valence-electron chi connectivity index (χ0n) is 21.5. The topological polar surface area (TPSA) is 119 Å². The number of benzene rings is 1. The Morgan fingerprint density at radius 2 is 2.00 bits per heavy atom. The molecule has 36 heavy (non-hydrogen) atoms. The Balaban J connectivity index is 1.96. The summed E-state index contributed by atoms with van der Waals surface area (Å²) in [7, 11) is 0. The molecule has 4 amide bonds. The Bertz CT molecular complexity index is 1040. The van der Waals surface area contributed by atoms with Crippen molar-refractivity contribution in [1.82, 2.24) is 15.1 Å². The second kappa shape index (κ2) is 10.9. The van der Waals surface area contributed by atoms with E-state index in [0.29, 0.717) is 37.2 Å². The standard InChI is InChI=1S/C25H35ClN4O6/c1-6-21(31)27-9-11-29-19-12-17(18(26)13-20(19)36-25(4,5)23(29)33)22(32)30(15(2)3)16-8-7-10-28(14-16)24(34)35/h12-13,15-16H,6-11,14H2,1-5H3,(H,27,31)(H,34,35)/t16-/m1/s1. The van der Waals surface area contributed by atoms with E-state index in [1.54, 1.807) is 37.8 Å². The number of nitrogens with zero attached hydrogens (tertiary/aromatic N) is 3. The van der Waals surface area contributed by atoms with Crippen LogP contribution in [0.25, 0.3) is 0 Å². The minimum Gasteiger partial charge on any atom is -0.476 e. The number of amides is 4. The number of fused-ring (bicyclic) bond motifs is 1. The van der Waals surface area contributed by atoms with Gasteiger partial charge >= 0.3 is 6.09 Å². The fraction of sp³-hybridized carbons (Fsp3) is 0.600. The van der Waals surface area contributed by atoms with E-state index in [2.05, 4.69) is 5.32 Å². The van der Waals surface area contributed by atoms with Crippen LogP contribution >= 0.6 is 11.6 Å². The molecule has 3 rings (SSSR count). The maximum atomic E-state index is 13.8. The molecule has 0 unspecified atom stereocenters. The number of halogens is 1. The van der Waals surface area contributed by atoms with Gasteiger partial charge in [0, 0.05) is 44.7 Å². The average Bonchev–Trinajstić information content (AvgIpc) is 2.80. The van der Waals surface area contributed by atoms with Gasteiger partial charge in [-0.25, -0.2) is 4.79 Å². The van der Waals surface area contributed by atoms with Crippen molar-refractivity contribution in [2.45, 2.75) is 71.6 Å². The van der Waals surface area contributed by atoms with Gasteiger partial charge in [-0.2, -0.15) is 0 Å². The largest absolute Gasteiger partial charge is 0.476 e. The van der Waals surface area contributed by atoms with Crippen LogP contribution in [0.1, 0.15) is 64.2 Å². The summed E-state index contributed by atoms with van der Waals surface area (Å²) in [5.74, 6) is -0.399. The smallest absolute Gasteiger partial charge is 0.407 e. The number of piperidine rings is 1. The number of ether oxygens (including phenoxy) is 1. The zero-order chi connectivity index (χ0) is 26.8. The van der Waals surface area contributed by atoms with E-state index < -0.39 is 11.7 Å². The van der Waals surface area contributed by atoms with Gasteiger partial charge in [-0.1, -0.05) is 18.5 Å². The fourth-order valence-corrected chi connectivity index (χ4v) is 4.96. The second-order valence-electron chi connectivity index (χ2n) is 9.90. The maximum absolute atomic E-state index is 13.8. The van der Waals surface area contributed by atoms with Crippen LogP contribution in [-0.4, -0.2) is 82.6 Å². The molecule has 0 aromatic heterocycles. The molecule has 1 aromatic rings. The summed E-state index contributed by atoms with van der Waals surface area (Å²) in [6, 6.07) is 2.59. The number of nitrogens with one attached hydrogen (secondary N) is 1. The van der Waals surface area contributed by atoms with E-state index >= 15 is 0 Å². The van der Waals surface area contributed by atoms with Crippen molar-refractivity contribution in [2.75, 3.05) is 31.1 Å². The minimum absolute atomic E-state index is 0.127. The van der Waals surface area contributed by atoms with Gasteiger partial charge in [-0.3, -0.25) is 14.4 Å². The van der Waals surface area contributed by atoms with Crippen LogP contribution in [0.5, 0.6) is 5.75 Å². The predicted molar refractivity (Wildman–Crippen MR) is 136 cm³/mol. The molecule has 0 spiro atoms. The third-order valence-corrected chi connectivity index (χ3v) is 6.84. The molecule has 1 atom stereocenters. The first-order valence-corrected chi connectivity index (χ1v) is 12.7. The van der Waals surface area contributed by atoms with E-state index in [-0.39, 0.29) is 60.0 Å². The third-order valence-electron chi connectivity index (χ3n) is 6.53. The van der Waals surface area contributed by atoms with Crippen LogP contribution in [0.15, 0.2) is 12.1 Å². The molecule has 198 valence electrons. The van der Waals surface area contributed by atoms with Gasteiger partial charge in [-0.15, -0.1) is 0 Å². The number of carbonyl (C=O) groups excluding carboxylic acids is 3. The molecule has 10 nitrogen and oxygen atoms in total. The molecule has 1 aromatic carbocycles. The van der Waals surface area contributed by atoms with Crippen molar-refractivity contribution in [1.29, 1.82) is 0 Å². The molecule has 2 N–H and O–H groups in total. The zero-order valence-corrected chi connectivity index (χ0v) is 22.2. The summed E-state index contributed by atoms with van der Waals surface area (Å²) < 4.78 is 5.93. The molecule has 11 heteroatoms. The van der Waals surface area contributed by atoms with E-state index in [4.69, 9.17) is 16.3 Å². The van der Waals surface area contributed by atoms with E-state index in [0.717, 1.165) is 0 Å². The van der Waals surface area contributed by atoms with Gasteiger partial charge < -0.3 is 29.9 Å². The van der Waals surface area contributed by atoms with Crippen molar-refractivity contribution in [3.63, 3.8) is 0 Å². The molecule has 2 heterocycles. The van der Waals surface area contributed by atoms with Crippen LogP contribution in [0.3, 0.4) is 0 Å². The first-order valence-electron chi connectivity index (χ1n) is 12.3. The van der Waals surface area contributed by atoms with Crippen molar-refractivity contribution < 1.29 is 29.0 Å². The van der Waals surface area contributed by atoms with Crippen molar-refractivity contribution in [3.05, 3.63) is 22.7 Å². The molecular formula is C25H35ClN4O6. The number of hydrogen-bond acceptors (Lipinski definition) is 5. The van der Waals surface area contributed by atoms with Gasteiger partial charge in [0.1, 0.15) is 5.75 Å². The first kappa shape index (κ1) is 27.6. The molecule has 2 aliphatic rings. The molecule has 0 bridgehead atoms. The monoisotopic (exact) mass is 522 g/mol. The number of carboxylic acid groups (broad SMARTS) is 1. The highest BCUT2D eigenvalue weighted by molar-refractivity contribution is 6.34. The Kier molecular flexibility index (Phi) is 8.38. The molecule has 0 aliphatic carbocycles. The first-order chi connectivity index (χ1) is 16.9. The lowest BCUT2D eigenvalue weighted by atomic mass is 9.99. The highest BCUT2D eigenvalue weighted by atomic mass is 35.5. The Morgan fingerprint density at radius 1 is 1.31 bits per heavy atom. The number of rotatable bonds is 7. The Morgan fingerprint density at radius 3 is 2.61 bits per heavy atom. The second-order valence-corrected chi connectivity index (χ2v) is 10.3. The van der Waals surface area contributed by atoms with Gasteiger partial charge in [0.05, 0.1) is 22.3 Å². The van der Waals surface area contributed by atoms with Crippen molar-refractivity contribution in [2.24, 2.45) is 0 Å².